The van der Waals surface area contributed by atoms with Crippen LogP contribution in [0, 0.1) is 5.41 Å². The maximum atomic E-state index is 12.2. The van der Waals surface area contributed by atoms with Gasteiger partial charge in [-0.1, -0.05) is 13.0 Å². The Hall–Kier alpha value is -0.790. The number of alkyl halides is 3. The molecule has 118 valence electrons. The fraction of sp³-hybridized carbons (Fsp3) is 0.571. The fourth-order valence-corrected chi connectivity index (χ4v) is 3.04. The highest BCUT2D eigenvalue weighted by atomic mass is 79.9. The van der Waals surface area contributed by atoms with Crippen molar-refractivity contribution < 1.29 is 17.9 Å². The number of hydrogen-bond acceptors (Lipinski definition) is 3. The molecule has 0 saturated carbocycles. The van der Waals surface area contributed by atoms with E-state index in [1.54, 1.807) is 12.1 Å². The van der Waals surface area contributed by atoms with Crippen LogP contribution in [0.4, 0.5) is 13.2 Å². The van der Waals surface area contributed by atoms with Crippen LogP contribution in [0.2, 0.25) is 0 Å². The van der Waals surface area contributed by atoms with Gasteiger partial charge in [0.1, 0.15) is 5.75 Å². The van der Waals surface area contributed by atoms with Crippen molar-refractivity contribution in [2.75, 3.05) is 19.6 Å². The van der Waals surface area contributed by atoms with Gasteiger partial charge < -0.3 is 10.5 Å². The molecular weight excluding hydrogens is 349 g/mol. The van der Waals surface area contributed by atoms with E-state index in [4.69, 9.17) is 5.73 Å². The molecular formula is C14H18BrF3N2O. The first-order valence-electron chi connectivity index (χ1n) is 6.67. The van der Waals surface area contributed by atoms with Crippen molar-refractivity contribution in [1.82, 2.24) is 4.90 Å². The molecule has 0 spiro atoms. The highest BCUT2D eigenvalue weighted by molar-refractivity contribution is 9.10. The van der Waals surface area contributed by atoms with Crippen LogP contribution in [-0.2, 0) is 6.54 Å². The molecule has 1 saturated heterocycles. The molecule has 1 aromatic rings. The van der Waals surface area contributed by atoms with Gasteiger partial charge >= 0.3 is 6.36 Å². The molecule has 1 aromatic carbocycles. The lowest BCUT2D eigenvalue weighted by molar-refractivity contribution is -0.274. The van der Waals surface area contributed by atoms with Crippen molar-refractivity contribution in [1.29, 1.82) is 0 Å². The molecule has 2 N–H and O–H groups in total. The average Bonchev–Trinajstić information content (AvgIpc) is 2.74. The van der Waals surface area contributed by atoms with E-state index in [2.05, 4.69) is 32.5 Å². The van der Waals surface area contributed by atoms with Gasteiger partial charge in [-0.05, 0) is 58.6 Å². The molecule has 21 heavy (non-hydrogen) atoms. The summed E-state index contributed by atoms with van der Waals surface area (Å²) in [4.78, 5) is 2.26. The number of ether oxygens (including phenoxy) is 1. The molecule has 2 rings (SSSR count). The molecule has 0 aromatic heterocycles. The molecule has 1 fully saturated rings. The highest BCUT2D eigenvalue weighted by Crippen LogP contribution is 2.33. The molecule has 0 amide bonds. The molecule has 1 unspecified atom stereocenters. The molecule has 1 aliphatic rings. The van der Waals surface area contributed by atoms with E-state index in [9.17, 15) is 13.2 Å². The number of rotatable bonds is 4. The first-order valence-corrected chi connectivity index (χ1v) is 7.47. The predicted molar refractivity (Wildman–Crippen MR) is 77.9 cm³/mol. The zero-order chi connectivity index (χ0) is 15.7. The topological polar surface area (TPSA) is 38.5 Å². The standard InChI is InChI=1S/C14H18BrF3N2O/c1-13(8-19)4-5-20(9-13)7-10-2-3-12(11(15)6-10)21-14(16,17)18/h2-3,6H,4-5,7-9,19H2,1H3. The van der Waals surface area contributed by atoms with Gasteiger partial charge in [0.2, 0.25) is 0 Å². The minimum atomic E-state index is -4.68. The van der Waals surface area contributed by atoms with Crippen molar-refractivity contribution in [3.05, 3.63) is 28.2 Å². The third-order valence-corrected chi connectivity index (χ3v) is 4.38. The summed E-state index contributed by atoms with van der Waals surface area (Å²) in [7, 11) is 0. The van der Waals surface area contributed by atoms with E-state index in [1.807, 2.05) is 0 Å². The minimum absolute atomic E-state index is 0.135. The number of hydrogen-bond donors (Lipinski definition) is 1. The zero-order valence-corrected chi connectivity index (χ0v) is 13.3. The summed E-state index contributed by atoms with van der Waals surface area (Å²) >= 11 is 3.12. The third-order valence-electron chi connectivity index (χ3n) is 3.76. The van der Waals surface area contributed by atoms with Crippen molar-refractivity contribution >= 4 is 15.9 Å². The van der Waals surface area contributed by atoms with Crippen LogP contribution in [0.1, 0.15) is 18.9 Å². The van der Waals surface area contributed by atoms with Crippen LogP contribution in [0.5, 0.6) is 5.75 Å². The van der Waals surface area contributed by atoms with Gasteiger partial charge in [0.25, 0.3) is 0 Å². The van der Waals surface area contributed by atoms with Crippen molar-refractivity contribution in [3.8, 4) is 5.75 Å². The quantitative estimate of drug-likeness (QED) is 0.885. The second-order valence-corrected chi connectivity index (χ2v) is 6.64. The van der Waals surface area contributed by atoms with Gasteiger partial charge in [-0.3, -0.25) is 4.90 Å². The molecule has 1 aliphatic heterocycles. The maximum Gasteiger partial charge on any atom is 0.573 e. The van der Waals surface area contributed by atoms with Crippen molar-refractivity contribution in [2.45, 2.75) is 26.3 Å². The number of likely N-dealkylation sites (tertiary alicyclic amines) is 1. The van der Waals surface area contributed by atoms with Crippen molar-refractivity contribution in [3.63, 3.8) is 0 Å². The summed E-state index contributed by atoms with van der Waals surface area (Å²) in [5.74, 6) is -0.223. The van der Waals surface area contributed by atoms with E-state index in [1.165, 1.54) is 6.07 Å². The van der Waals surface area contributed by atoms with Crippen molar-refractivity contribution in [2.24, 2.45) is 11.1 Å². The lowest BCUT2D eigenvalue weighted by Crippen LogP contribution is -2.31. The third kappa shape index (κ3) is 4.59. The largest absolute Gasteiger partial charge is 0.573 e. The Morgan fingerprint density at radius 2 is 2.14 bits per heavy atom. The Bertz CT molecular complexity index is 509. The number of nitrogens with zero attached hydrogens (tertiary/aromatic N) is 1. The van der Waals surface area contributed by atoms with E-state index in [-0.39, 0.29) is 11.2 Å². The number of nitrogens with two attached hydrogens (primary N) is 1. The smallest absolute Gasteiger partial charge is 0.405 e. The number of benzene rings is 1. The normalized spacial score (nSPS) is 23.5. The van der Waals surface area contributed by atoms with E-state index in [0.29, 0.717) is 17.6 Å². The molecule has 1 atom stereocenters. The monoisotopic (exact) mass is 366 g/mol. The van der Waals surface area contributed by atoms with E-state index < -0.39 is 6.36 Å². The predicted octanol–water partition coefficient (Wildman–Crippen LogP) is 3.52. The van der Waals surface area contributed by atoms with E-state index >= 15 is 0 Å². The Balaban J connectivity index is 2.01. The summed E-state index contributed by atoms with van der Waals surface area (Å²) in [5.41, 5.74) is 6.85. The van der Waals surface area contributed by atoms with Gasteiger partial charge in [-0.2, -0.15) is 0 Å². The first kappa shape index (κ1) is 16.6. The molecule has 0 radical (unpaired) electrons. The molecule has 3 nitrogen and oxygen atoms in total. The van der Waals surface area contributed by atoms with Gasteiger partial charge in [0.15, 0.2) is 0 Å². The Labute approximate surface area is 130 Å². The van der Waals surface area contributed by atoms with Gasteiger partial charge in [0, 0.05) is 13.1 Å². The lowest BCUT2D eigenvalue weighted by atomic mass is 9.90. The van der Waals surface area contributed by atoms with Crippen LogP contribution in [0.3, 0.4) is 0 Å². The first-order chi connectivity index (χ1) is 9.71. The SMILES string of the molecule is CC1(CN)CCN(Cc2ccc(OC(F)(F)F)c(Br)c2)C1. The molecule has 0 bridgehead atoms. The second kappa shape index (κ2) is 6.14. The zero-order valence-electron chi connectivity index (χ0n) is 11.7. The Morgan fingerprint density at radius 3 is 2.67 bits per heavy atom. The van der Waals surface area contributed by atoms with E-state index in [0.717, 1.165) is 25.1 Å². The van der Waals surface area contributed by atoms with Crippen LogP contribution < -0.4 is 10.5 Å². The number of halogens is 4. The molecule has 0 aliphatic carbocycles. The second-order valence-electron chi connectivity index (χ2n) is 5.79. The Morgan fingerprint density at radius 1 is 1.43 bits per heavy atom. The molecule has 1 heterocycles. The van der Waals surface area contributed by atoms with Gasteiger partial charge in [0.05, 0.1) is 4.47 Å². The van der Waals surface area contributed by atoms with Gasteiger partial charge in [-0.15, -0.1) is 13.2 Å². The molecule has 7 heteroatoms. The fourth-order valence-electron chi connectivity index (χ4n) is 2.54. The van der Waals surface area contributed by atoms with Gasteiger partial charge in [-0.25, -0.2) is 0 Å². The average molecular weight is 367 g/mol. The summed E-state index contributed by atoms with van der Waals surface area (Å²) in [5, 5.41) is 0. The van der Waals surface area contributed by atoms with Crippen LogP contribution in [0.25, 0.3) is 0 Å². The lowest BCUT2D eigenvalue weighted by Gasteiger charge is -2.22. The van der Waals surface area contributed by atoms with Crippen LogP contribution in [-0.4, -0.2) is 30.9 Å². The Kier molecular flexibility index (Phi) is 4.85. The van der Waals surface area contributed by atoms with Crippen LogP contribution >= 0.6 is 15.9 Å². The summed E-state index contributed by atoms with van der Waals surface area (Å²) in [6.07, 6.45) is -3.64. The van der Waals surface area contributed by atoms with Crippen LogP contribution in [0.15, 0.2) is 22.7 Å². The minimum Gasteiger partial charge on any atom is -0.405 e. The highest BCUT2D eigenvalue weighted by Gasteiger charge is 2.33. The maximum absolute atomic E-state index is 12.2. The summed E-state index contributed by atoms with van der Waals surface area (Å²) in [6.45, 7) is 5.35. The summed E-state index contributed by atoms with van der Waals surface area (Å²) in [6, 6.07) is 4.66. The summed E-state index contributed by atoms with van der Waals surface area (Å²) < 4.78 is 40.9.